The number of ether oxygens (including phenoxy) is 1. The second-order valence-electron chi connectivity index (χ2n) is 3.00. The van der Waals surface area contributed by atoms with E-state index in [1.807, 2.05) is 13.0 Å². The van der Waals surface area contributed by atoms with Crippen molar-refractivity contribution in [3.63, 3.8) is 0 Å². The molecular formula is C11H16FNO. The van der Waals surface area contributed by atoms with Crippen molar-refractivity contribution >= 4 is 5.69 Å². The van der Waals surface area contributed by atoms with E-state index in [0.717, 1.165) is 18.7 Å². The number of benzene rings is 1. The molecule has 1 N–H and O–H groups in total. The lowest BCUT2D eigenvalue weighted by atomic mass is 10.3. The number of nitrogens with one attached hydrogen (secondary N) is 1. The molecule has 1 aromatic rings. The van der Waals surface area contributed by atoms with Crippen molar-refractivity contribution in [1.82, 2.24) is 0 Å². The van der Waals surface area contributed by atoms with Crippen molar-refractivity contribution < 1.29 is 9.13 Å². The van der Waals surface area contributed by atoms with Crippen LogP contribution in [0.1, 0.15) is 20.3 Å². The van der Waals surface area contributed by atoms with Gasteiger partial charge in [0.1, 0.15) is 0 Å². The van der Waals surface area contributed by atoms with Crippen LogP contribution >= 0.6 is 0 Å². The first-order chi connectivity index (χ1) is 6.77. The Hall–Kier alpha value is -1.25. The minimum atomic E-state index is -0.312. The number of hydrogen-bond acceptors (Lipinski definition) is 2. The fourth-order valence-electron chi connectivity index (χ4n) is 1.15. The van der Waals surface area contributed by atoms with E-state index in [4.69, 9.17) is 4.74 Å². The summed E-state index contributed by atoms with van der Waals surface area (Å²) in [4.78, 5) is 0. The van der Waals surface area contributed by atoms with Gasteiger partial charge < -0.3 is 10.1 Å². The molecule has 0 aliphatic rings. The van der Waals surface area contributed by atoms with Gasteiger partial charge >= 0.3 is 0 Å². The second-order valence-corrected chi connectivity index (χ2v) is 3.00. The number of hydrogen-bond donors (Lipinski definition) is 1. The third-order valence-electron chi connectivity index (χ3n) is 1.81. The molecule has 0 amide bonds. The molecule has 78 valence electrons. The van der Waals surface area contributed by atoms with Crippen LogP contribution in [-0.4, -0.2) is 13.2 Å². The molecule has 0 aliphatic heterocycles. The lowest BCUT2D eigenvalue weighted by Gasteiger charge is -2.08. The van der Waals surface area contributed by atoms with Crippen molar-refractivity contribution in [2.24, 2.45) is 0 Å². The highest BCUT2D eigenvalue weighted by molar-refractivity contribution is 5.47. The van der Waals surface area contributed by atoms with Gasteiger partial charge in [0.25, 0.3) is 0 Å². The third kappa shape index (κ3) is 2.91. The van der Waals surface area contributed by atoms with Gasteiger partial charge in [0.2, 0.25) is 0 Å². The van der Waals surface area contributed by atoms with E-state index < -0.39 is 0 Å². The van der Waals surface area contributed by atoms with Crippen LogP contribution in [0, 0.1) is 5.82 Å². The summed E-state index contributed by atoms with van der Waals surface area (Å²) in [5.41, 5.74) is 0.799. The lowest BCUT2D eigenvalue weighted by Crippen LogP contribution is -2.01. The van der Waals surface area contributed by atoms with E-state index in [9.17, 15) is 4.39 Å². The molecule has 0 saturated heterocycles. The monoisotopic (exact) mass is 197 g/mol. The second kappa shape index (κ2) is 5.47. The van der Waals surface area contributed by atoms with Crippen LogP contribution in [0.4, 0.5) is 10.1 Å². The number of anilines is 1. The van der Waals surface area contributed by atoms with Gasteiger partial charge in [-0.05, 0) is 25.5 Å². The van der Waals surface area contributed by atoms with E-state index in [1.165, 1.54) is 6.07 Å². The van der Waals surface area contributed by atoms with Crippen LogP contribution in [-0.2, 0) is 0 Å². The molecule has 14 heavy (non-hydrogen) atoms. The average Bonchev–Trinajstić information content (AvgIpc) is 2.19. The highest BCUT2D eigenvalue weighted by atomic mass is 19.1. The number of halogens is 1. The molecule has 3 heteroatoms. The highest BCUT2D eigenvalue weighted by Crippen LogP contribution is 2.20. The normalized spacial score (nSPS) is 9.93. The Morgan fingerprint density at radius 1 is 1.36 bits per heavy atom. The van der Waals surface area contributed by atoms with Crippen molar-refractivity contribution in [2.75, 3.05) is 18.5 Å². The molecule has 0 saturated carbocycles. The zero-order valence-corrected chi connectivity index (χ0v) is 8.64. The summed E-state index contributed by atoms with van der Waals surface area (Å²) in [5.74, 6) is 0.00232. The maximum absolute atomic E-state index is 13.3. The molecule has 0 heterocycles. The fraction of sp³-hybridized carbons (Fsp3) is 0.455. The lowest BCUT2D eigenvalue weighted by molar-refractivity contribution is 0.321. The zero-order chi connectivity index (χ0) is 10.4. The molecule has 0 aromatic heterocycles. The molecule has 2 nitrogen and oxygen atoms in total. The van der Waals surface area contributed by atoms with Crippen LogP contribution in [0.2, 0.25) is 0 Å². The van der Waals surface area contributed by atoms with Gasteiger partial charge in [-0.3, -0.25) is 0 Å². The summed E-state index contributed by atoms with van der Waals surface area (Å²) in [7, 11) is 0. The topological polar surface area (TPSA) is 21.3 Å². The zero-order valence-electron chi connectivity index (χ0n) is 8.64. The summed E-state index contributed by atoms with van der Waals surface area (Å²) in [5, 5.41) is 3.11. The Bertz CT molecular complexity index is 289. The Balaban J connectivity index is 2.68. The van der Waals surface area contributed by atoms with Crippen molar-refractivity contribution in [3.8, 4) is 5.75 Å². The minimum absolute atomic E-state index is 0.312. The number of rotatable bonds is 5. The van der Waals surface area contributed by atoms with E-state index in [1.54, 1.807) is 6.07 Å². The van der Waals surface area contributed by atoms with E-state index >= 15 is 0 Å². The van der Waals surface area contributed by atoms with Crippen LogP contribution in [0.3, 0.4) is 0 Å². The van der Waals surface area contributed by atoms with Crippen molar-refractivity contribution in [2.45, 2.75) is 20.3 Å². The predicted molar refractivity (Wildman–Crippen MR) is 56.3 cm³/mol. The van der Waals surface area contributed by atoms with Crippen LogP contribution in [0.15, 0.2) is 18.2 Å². The largest absolute Gasteiger partial charge is 0.491 e. The van der Waals surface area contributed by atoms with Gasteiger partial charge in [0.05, 0.1) is 6.61 Å². The Labute approximate surface area is 84.1 Å². The first-order valence-electron chi connectivity index (χ1n) is 4.94. The van der Waals surface area contributed by atoms with Crippen LogP contribution < -0.4 is 10.1 Å². The van der Waals surface area contributed by atoms with E-state index in [0.29, 0.717) is 12.4 Å². The summed E-state index contributed by atoms with van der Waals surface area (Å²) < 4.78 is 18.4. The molecular weight excluding hydrogens is 181 g/mol. The van der Waals surface area contributed by atoms with Crippen molar-refractivity contribution in [1.29, 1.82) is 0 Å². The summed E-state index contributed by atoms with van der Waals surface area (Å²) in [6.07, 6.45) is 1.02. The molecule has 0 spiro atoms. The SMILES string of the molecule is CCCNc1ccc(OCC)c(F)c1. The quantitative estimate of drug-likeness (QED) is 0.783. The fourth-order valence-corrected chi connectivity index (χ4v) is 1.15. The Morgan fingerprint density at radius 2 is 2.14 bits per heavy atom. The molecule has 0 bridgehead atoms. The van der Waals surface area contributed by atoms with Crippen molar-refractivity contribution in [3.05, 3.63) is 24.0 Å². The third-order valence-corrected chi connectivity index (χ3v) is 1.81. The van der Waals surface area contributed by atoms with Gasteiger partial charge in [0.15, 0.2) is 11.6 Å². The Kier molecular flexibility index (Phi) is 4.23. The van der Waals surface area contributed by atoms with E-state index in [-0.39, 0.29) is 5.82 Å². The van der Waals surface area contributed by atoms with Gasteiger partial charge in [-0.2, -0.15) is 0 Å². The molecule has 1 rings (SSSR count). The summed E-state index contributed by atoms with van der Waals surface area (Å²) >= 11 is 0. The first kappa shape index (κ1) is 10.8. The summed E-state index contributed by atoms with van der Waals surface area (Å²) in [6.45, 7) is 5.24. The molecule has 0 radical (unpaired) electrons. The molecule has 0 fully saturated rings. The highest BCUT2D eigenvalue weighted by Gasteiger charge is 2.02. The van der Waals surface area contributed by atoms with Gasteiger partial charge in [0, 0.05) is 18.3 Å². The molecule has 1 aromatic carbocycles. The van der Waals surface area contributed by atoms with Gasteiger partial charge in [-0.15, -0.1) is 0 Å². The minimum Gasteiger partial charge on any atom is -0.491 e. The molecule has 0 aliphatic carbocycles. The van der Waals surface area contributed by atoms with Crippen LogP contribution in [0.5, 0.6) is 5.75 Å². The van der Waals surface area contributed by atoms with E-state index in [2.05, 4.69) is 12.2 Å². The van der Waals surface area contributed by atoms with Crippen LogP contribution in [0.25, 0.3) is 0 Å². The van der Waals surface area contributed by atoms with Gasteiger partial charge in [-0.25, -0.2) is 4.39 Å². The maximum atomic E-state index is 13.3. The predicted octanol–water partition coefficient (Wildman–Crippen LogP) is 3.05. The Morgan fingerprint density at radius 3 is 2.71 bits per heavy atom. The molecule has 0 atom stereocenters. The smallest absolute Gasteiger partial charge is 0.167 e. The first-order valence-corrected chi connectivity index (χ1v) is 4.94. The molecule has 0 unspecified atom stereocenters. The van der Waals surface area contributed by atoms with Gasteiger partial charge in [-0.1, -0.05) is 6.92 Å². The summed E-state index contributed by atoms with van der Waals surface area (Å²) in [6, 6.07) is 4.93. The average molecular weight is 197 g/mol. The standard InChI is InChI=1S/C11H16FNO/c1-3-7-13-9-5-6-11(14-4-2)10(12)8-9/h5-6,8,13H,3-4,7H2,1-2H3. The maximum Gasteiger partial charge on any atom is 0.167 e.